The van der Waals surface area contributed by atoms with E-state index in [2.05, 4.69) is 47.5 Å². The predicted molar refractivity (Wildman–Crippen MR) is 119 cm³/mol. The third kappa shape index (κ3) is 5.08. The van der Waals surface area contributed by atoms with Crippen molar-refractivity contribution in [3.63, 3.8) is 0 Å². The second-order valence-corrected chi connectivity index (χ2v) is 8.70. The van der Waals surface area contributed by atoms with Crippen molar-refractivity contribution in [2.24, 2.45) is 0 Å². The number of fused-ring (bicyclic) bond motifs is 1. The lowest BCUT2D eigenvalue weighted by molar-refractivity contribution is 0.0935. The molecule has 2 aliphatic rings. The Morgan fingerprint density at radius 3 is 2.38 bits per heavy atom. The highest BCUT2D eigenvalue weighted by Crippen LogP contribution is 2.26. The van der Waals surface area contributed by atoms with E-state index in [1.54, 1.807) is 0 Å². The number of benzene rings is 2. The van der Waals surface area contributed by atoms with Gasteiger partial charge in [0, 0.05) is 12.1 Å². The molecule has 154 valence electrons. The Kier molecular flexibility index (Phi) is 6.66. The van der Waals surface area contributed by atoms with Crippen molar-refractivity contribution in [1.29, 1.82) is 0 Å². The van der Waals surface area contributed by atoms with Gasteiger partial charge in [0.1, 0.15) is 0 Å². The van der Waals surface area contributed by atoms with E-state index < -0.39 is 0 Å². The Hall–Kier alpha value is -2.13. The molecule has 1 amide bonds. The van der Waals surface area contributed by atoms with Gasteiger partial charge in [-0.25, -0.2) is 0 Å². The third-order valence-electron chi connectivity index (χ3n) is 6.56. The molecule has 4 rings (SSSR count). The van der Waals surface area contributed by atoms with Crippen molar-refractivity contribution in [2.75, 3.05) is 13.1 Å². The van der Waals surface area contributed by atoms with Gasteiger partial charge < -0.3 is 5.32 Å². The molecule has 29 heavy (non-hydrogen) atoms. The molecule has 1 fully saturated rings. The lowest BCUT2D eigenvalue weighted by Crippen LogP contribution is -2.29. The number of nitrogens with one attached hydrogen (secondary N) is 1. The molecule has 0 bridgehead atoms. The van der Waals surface area contributed by atoms with Gasteiger partial charge in [-0.15, -0.1) is 0 Å². The van der Waals surface area contributed by atoms with Crippen LogP contribution in [0.3, 0.4) is 0 Å². The number of nitrogens with zero attached hydrogens (tertiary/aromatic N) is 1. The Balaban J connectivity index is 1.39. The Morgan fingerprint density at radius 1 is 0.931 bits per heavy atom. The van der Waals surface area contributed by atoms with Crippen molar-refractivity contribution < 1.29 is 4.79 Å². The zero-order chi connectivity index (χ0) is 20.1. The molecule has 1 aliphatic heterocycles. The molecule has 0 saturated carbocycles. The largest absolute Gasteiger partial charge is 0.345 e. The van der Waals surface area contributed by atoms with Gasteiger partial charge in [-0.05, 0) is 92.4 Å². The van der Waals surface area contributed by atoms with Crippen LogP contribution in [0.2, 0.25) is 0 Å². The molecule has 2 aromatic carbocycles. The highest BCUT2D eigenvalue weighted by atomic mass is 16.1. The van der Waals surface area contributed by atoms with E-state index in [1.807, 2.05) is 12.1 Å². The first-order valence-corrected chi connectivity index (χ1v) is 11.5. The minimum atomic E-state index is 0.0269. The molecule has 1 atom stereocenters. The van der Waals surface area contributed by atoms with E-state index in [0.29, 0.717) is 0 Å². The van der Waals surface area contributed by atoms with Gasteiger partial charge in [-0.2, -0.15) is 0 Å². The summed E-state index contributed by atoms with van der Waals surface area (Å²) in [4.78, 5) is 15.4. The molecule has 1 saturated heterocycles. The van der Waals surface area contributed by atoms with Crippen LogP contribution in [0.4, 0.5) is 0 Å². The number of carbonyl (C=O) groups is 1. The van der Waals surface area contributed by atoms with Crippen LogP contribution >= 0.6 is 0 Å². The lowest BCUT2D eigenvalue weighted by Gasteiger charge is -2.26. The summed E-state index contributed by atoms with van der Waals surface area (Å²) < 4.78 is 0. The van der Waals surface area contributed by atoms with E-state index in [4.69, 9.17) is 0 Å². The Bertz CT molecular complexity index is 821. The third-order valence-corrected chi connectivity index (χ3v) is 6.56. The second-order valence-electron chi connectivity index (χ2n) is 8.70. The fraction of sp³-hybridized carbons (Fsp3) is 0.500. The highest BCUT2D eigenvalue weighted by molar-refractivity contribution is 5.94. The van der Waals surface area contributed by atoms with Crippen molar-refractivity contribution >= 4 is 5.91 Å². The van der Waals surface area contributed by atoms with Gasteiger partial charge in [0.05, 0.1) is 6.04 Å². The van der Waals surface area contributed by atoms with E-state index >= 15 is 0 Å². The Morgan fingerprint density at radius 2 is 1.66 bits per heavy atom. The summed E-state index contributed by atoms with van der Waals surface area (Å²) in [6.07, 6.45) is 9.82. The average Bonchev–Trinajstić information content (AvgIpc) is 2.78. The molecule has 0 radical (unpaired) electrons. The monoisotopic (exact) mass is 390 g/mol. The quantitative estimate of drug-likeness (QED) is 0.713. The summed E-state index contributed by atoms with van der Waals surface area (Å²) in [5.41, 5.74) is 6.26. The number of piperidine rings is 1. The summed E-state index contributed by atoms with van der Waals surface area (Å²) in [6.45, 7) is 5.53. The smallest absolute Gasteiger partial charge is 0.251 e. The fourth-order valence-electron chi connectivity index (χ4n) is 4.77. The maximum absolute atomic E-state index is 12.9. The van der Waals surface area contributed by atoms with Gasteiger partial charge in [-0.3, -0.25) is 9.69 Å². The molecule has 1 heterocycles. The molecular formula is C26H34N2O. The lowest BCUT2D eigenvalue weighted by atomic mass is 9.88. The molecule has 1 aliphatic carbocycles. The summed E-state index contributed by atoms with van der Waals surface area (Å²) in [7, 11) is 0. The number of hydrogen-bond acceptors (Lipinski definition) is 2. The van der Waals surface area contributed by atoms with Crippen molar-refractivity contribution in [3.8, 4) is 0 Å². The molecule has 0 aromatic heterocycles. The number of carbonyl (C=O) groups excluding carboxylic acids is 1. The highest BCUT2D eigenvalue weighted by Gasteiger charge is 2.17. The maximum atomic E-state index is 12.9. The normalized spacial score (nSPS) is 18.1. The molecule has 3 heteroatoms. The van der Waals surface area contributed by atoms with Gasteiger partial charge in [0.15, 0.2) is 0 Å². The molecule has 0 unspecified atom stereocenters. The number of likely N-dealkylation sites (tertiary alicyclic amines) is 1. The van der Waals surface area contributed by atoms with Crippen molar-refractivity contribution in [1.82, 2.24) is 10.2 Å². The predicted octanol–water partition coefficient (Wildman–Crippen LogP) is 5.43. The van der Waals surface area contributed by atoms with E-state index in [-0.39, 0.29) is 11.9 Å². The number of hydrogen-bond donors (Lipinski definition) is 1. The zero-order valence-electron chi connectivity index (χ0n) is 17.8. The van der Waals surface area contributed by atoms with Crippen LogP contribution in [-0.4, -0.2) is 23.9 Å². The minimum absolute atomic E-state index is 0.0269. The average molecular weight is 391 g/mol. The summed E-state index contributed by atoms with van der Waals surface area (Å²) in [5, 5.41) is 3.26. The van der Waals surface area contributed by atoms with Crippen LogP contribution in [0, 0.1) is 0 Å². The first-order chi connectivity index (χ1) is 14.2. The minimum Gasteiger partial charge on any atom is -0.345 e. The van der Waals surface area contributed by atoms with Crippen LogP contribution in [0.1, 0.15) is 84.1 Å². The number of amides is 1. The van der Waals surface area contributed by atoms with Crippen LogP contribution in [-0.2, 0) is 19.4 Å². The molecule has 0 spiro atoms. The molecule has 1 N–H and O–H groups in total. The summed E-state index contributed by atoms with van der Waals surface area (Å²) in [6, 6.07) is 15.1. The first-order valence-electron chi connectivity index (χ1n) is 11.5. The molecule has 2 aromatic rings. The van der Waals surface area contributed by atoms with Crippen LogP contribution < -0.4 is 5.32 Å². The van der Waals surface area contributed by atoms with Crippen LogP contribution in [0.15, 0.2) is 42.5 Å². The number of aryl methyl sites for hydroxylation is 2. The summed E-state index contributed by atoms with van der Waals surface area (Å²) in [5.74, 6) is 0.0269. The van der Waals surface area contributed by atoms with Crippen LogP contribution in [0.25, 0.3) is 0 Å². The second kappa shape index (κ2) is 9.58. The molecular weight excluding hydrogens is 356 g/mol. The van der Waals surface area contributed by atoms with Gasteiger partial charge >= 0.3 is 0 Å². The van der Waals surface area contributed by atoms with Gasteiger partial charge in [0.2, 0.25) is 0 Å². The van der Waals surface area contributed by atoms with E-state index in [1.165, 1.54) is 80.3 Å². The van der Waals surface area contributed by atoms with Crippen molar-refractivity contribution in [3.05, 3.63) is 70.3 Å². The van der Waals surface area contributed by atoms with Crippen LogP contribution in [0.5, 0.6) is 0 Å². The Labute approximate surface area is 175 Å². The standard InChI is InChI=1S/C26H34N2O/c1-2-25(24-15-14-21-8-4-5-9-23(21)18-24)27-26(29)22-12-10-20(11-13-22)19-28-16-6-3-7-17-28/h10-15,18,25H,2-9,16-17,19H2,1H3,(H,27,29)/t25-/m1/s1. The molecule has 3 nitrogen and oxygen atoms in total. The maximum Gasteiger partial charge on any atom is 0.251 e. The topological polar surface area (TPSA) is 32.3 Å². The van der Waals surface area contributed by atoms with Crippen molar-refractivity contribution in [2.45, 2.75) is 70.9 Å². The van der Waals surface area contributed by atoms with Gasteiger partial charge in [0.25, 0.3) is 5.91 Å². The first kappa shape index (κ1) is 20.2. The van der Waals surface area contributed by atoms with Gasteiger partial charge in [-0.1, -0.05) is 43.7 Å². The zero-order valence-corrected chi connectivity index (χ0v) is 17.8. The fourth-order valence-corrected chi connectivity index (χ4v) is 4.77. The SMILES string of the molecule is CC[C@@H](NC(=O)c1ccc(CN2CCCCC2)cc1)c1ccc2c(c1)CCCC2. The number of rotatable bonds is 6. The van der Waals surface area contributed by atoms with E-state index in [9.17, 15) is 4.79 Å². The van der Waals surface area contributed by atoms with E-state index in [0.717, 1.165) is 18.5 Å². The summed E-state index contributed by atoms with van der Waals surface area (Å²) >= 11 is 0.